The van der Waals surface area contributed by atoms with Crippen LogP contribution in [0.5, 0.6) is 0 Å². The number of rotatable bonds is 7. The van der Waals surface area contributed by atoms with Crippen LogP contribution in [0.4, 0.5) is 0 Å². The number of nitrogens with one attached hydrogen (secondary N) is 1. The number of thiazole rings is 1. The number of ether oxygens (including phenoxy) is 1. The summed E-state index contributed by atoms with van der Waals surface area (Å²) in [6.45, 7) is 6.13. The minimum Gasteiger partial charge on any atom is -0.382 e. The highest BCUT2D eigenvalue weighted by Gasteiger charge is 2.34. The molecule has 102 valence electrons. The molecule has 1 unspecified atom stereocenters. The van der Waals surface area contributed by atoms with Gasteiger partial charge in [-0.25, -0.2) is 4.98 Å². The fourth-order valence-corrected chi connectivity index (χ4v) is 3.94. The van der Waals surface area contributed by atoms with Crippen molar-refractivity contribution in [2.75, 3.05) is 20.3 Å². The average Bonchev–Trinajstić information content (AvgIpc) is 2.95. The molecule has 1 N–H and O–H groups in total. The highest BCUT2D eigenvalue weighted by atomic mass is 32.1. The molecule has 0 saturated carbocycles. The molecular formula is C14H24N2OS. The van der Waals surface area contributed by atoms with Gasteiger partial charge in [-0.1, -0.05) is 13.8 Å². The smallest absolute Gasteiger partial charge is 0.116 e. The highest BCUT2D eigenvalue weighted by molar-refractivity contribution is 7.12. The summed E-state index contributed by atoms with van der Waals surface area (Å²) in [6, 6.07) is 0. The van der Waals surface area contributed by atoms with E-state index in [1.54, 1.807) is 7.11 Å². The summed E-state index contributed by atoms with van der Waals surface area (Å²) in [7, 11) is 1.78. The lowest BCUT2D eigenvalue weighted by atomic mass is 9.97. The van der Waals surface area contributed by atoms with Crippen molar-refractivity contribution in [1.82, 2.24) is 10.3 Å². The third-order valence-electron chi connectivity index (χ3n) is 3.71. The zero-order chi connectivity index (χ0) is 13.0. The lowest BCUT2D eigenvalue weighted by Crippen LogP contribution is -2.46. The first kappa shape index (κ1) is 14.0. The van der Waals surface area contributed by atoms with Crippen LogP contribution in [0, 0.1) is 0 Å². The summed E-state index contributed by atoms with van der Waals surface area (Å²) in [6.07, 6.45) is 5.81. The predicted octanol–water partition coefficient (Wildman–Crippen LogP) is 2.88. The Balaban J connectivity index is 2.25. The average molecular weight is 268 g/mol. The Morgan fingerprint density at radius 3 is 2.83 bits per heavy atom. The quantitative estimate of drug-likeness (QED) is 0.825. The molecule has 1 atom stereocenters. The largest absolute Gasteiger partial charge is 0.382 e. The second kappa shape index (κ2) is 6.13. The van der Waals surface area contributed by atoms with Gasteiger partial charge in [0.25, 0.3) is 0 Å². The lowest BCUT2D eigenvalue weighted by molar-refractivity contribution is 0.104. The van der Waals surface area contributed by atoms with E-state index in [9.17, 15) is 0 Å². The van der Waals surface area contributed by atoms with E-state index in [-0.39, 0.29) is 5.54 Å². The molecule has 0 amide bonds. The van der Waals surface area contributed by atoms with Crippen molar-refractivity contribution in [3.63, 3.8) is 0 Å². The van der Waals surface area contributed by atoms with Gasteiger partial charge in [0, 0.05) is 12.0 Å². The molecule has 0 saturated heterocycles. The first-order valence-corrected chi connectivity index (χ1v) is 7.80. The molecule has 18 heavy (non-hydrogen) atoms. The van der Waals surface area contributed by atoms with Gasteiger partial charge in [-0.3, -0.25) is 0 Å². The number of methoxy groups -OCH3 is 1. The van der Waals surface area contributed by atoms with Crippen LogP contribution in [0.2, 0.25) is 0 Å². The van der Waals surface area contributed by atoms with Gasteiger partial charge in [-0.15, -0.1) is 11.3 Å². The first-order valence-electron chi connectivity index (χ1n) is 6.98. The van der Waals surface area contributed by atoms with E-state index >= 15 is 0 Å². The highest BCUT2D eigenvalue weighted by Crippen LogP contribution is 2.35. The molecule has 3 nitrogen and oxygen atoms in total. The van der Waals surface area contributed by atoms with Crippen molar-refractivity contribution in [3.8, 4) is 0 Å². The Labute approximate surface area is 114 Å². The van der Waals surface area contributed by atoms with Gasteiger partial charge in [0.1, 0.15) is 5.01 Å². The second-order valence-electron chi connectivity index (χ2n) is 5.04. The number of nitrogens with zero attached hydrogens (tertiary/aromatic N) is 1. The fourth-order valence-electron chi connectivity index (χ4n) is 2.57. The Hall–Kier alpha value is -0.450. The van der Waals surface area contributed by atoms with Crippen molar-refractivity contribution < 1.29 is 4.74 Å². The van der Waals surface area contributed by atoms with Crippen molar-refractivity contribution in [3.05, 3.63) is 15.6 Å². The van der Waals surface area contributed by atoms with Gasteiger partial charge in [0.05, 0.1) is 17.8 Å². The maximum atomic E-state index is 5.45. The van der Waals surface area contributed by atoms with Gasteiger partial charge in [0.2, 0.25) is 0 Å². The summed E-state index contributed by atoms with van der Waals surface area (Å²) >= 11 is 1.89. The third kappa shape index (κ3) is 2.60. The number of aromatic nitrogens is 1. The lowest BCUT2D eigenvalue weighted by Gasteiger charge is -2.31. The summed E-state index contributed by atoms with van der Waals surface area (Å²) in [4.78, 5) is 6.38. The van der Waals surface area contributed by atoms with Crippen LogP contribution in [0.25, 0.3) is 0 Å². The zero-order valence-corrected chi connectivity index (χ0v) is 12.5. The van der Waals surface area contributed by atoms with Crippen LogP contribution in [0.15, 0.2) is 0 Å². The summed E-state index contributed by atoms with van der Waals surface area (Å²) in [5, 5.41) is 4.89. The van der Waals surface area contributed by atoms with Crippen LogP contribution >= 0.6 is 11.3 Å². The molecule has 1 heterocycles. The van der Waals surface area contributed by atoms with Crippen molar-refractivity contribution in [2.24, 2.45) is 0 Å². The summed E-state index contributed by atoms with van der Waals surface area (Å²) < 4.78 is 5.45. The second-order valence-corrected chi connectivity index (χ2v) is 6.12. The van der Waals surface area contributed by atoms with E-state index in [1.807, 2.05) is 11.3 Å². The van der Waals surface area contributed by atoms with Gasteiger partial charge >= 0.3 is 0 Å². The standard InChI is InChI=1S/C14H24N2OS/c1-4-9-15-14(5-2,10-17-3)13-16-11-7-6-8-12(11)18-13/h15H,4-10H2,1-3H3. The van der Waals surface area contributed by atoms with Crippen molar-refractivity contribution in [1.29, 1.82) is 0 Å². The van der Waals surface area contributed by atoms with Gasteiger partial charge in [-0.05, 0) is 38.6 Å². The van der Waals surface area contributed by atoms with Crippen LogP contribution in [0.3, 0.4) is 0 Å². The van der Waals surface area contributed by atoms with E-state index in [4.69, 9.17) is 9.72 Å². The molecule has 1 aliphatic carbocycles. The topological polar surface area (TPSA) is 34.1 Å². The monoisotopic (exact) mass is 268 g/mol. The van der Waals surface area contributed by atoms with Gasteiger partial charge in [-0.2, -0.15) is 0 Å². The maximum Gasteiger partial charge on any atom is 0.116 e. The van der Waals surface area contributed by atoms with Gasteiger partial charge < -0.3 is 10.1 Å². The molecule has 1 aromatic heterocycles. The number of hydrogen-bond donors (Lipinski definition) is 1. The van der Waals surface area contributed by atoms with E-state index in [1.165, 1.54) is 28.4 Å². The Morgan fingerprint density at radius 1 is 1.39 bits per heavy atom. The number of aryl methyl sites for hydroxylation is 2. The minimum absolute atomic E-state index is 0.0836. The molecule has 4 heteroatoms. The Bertz CT molecular complexity index is 370. The molecule has 0 spiro atoms. The normalized spacial score (nSPS) is 17.7. The van der Waals surface area contributed by atoms with Crippen LogP contribution in [0.1, 0.15) is 48.7 Å². The molecule has 0 radical (unpaired) electrons. The molecule has 1 aliphatic rings. The van der Waals surface area contributed by atoms with E-state index in [2.05, 4.69) is 19.2 Å². The minimum atomic E-state index is -0.0836. The van der Waals surface area contributed by atoms with E-state index in [0.717, 1.165) is 25.8 Å². The molecule has 0 fully saturated rings. The Kier molecular flexibility index (Phi) is 4.76. The maximum absolute atomic E-state index is 5.45. The fraction of sp³-hybridized carbons (Fsp3) is 0.786. The van der Waals surface area contributed by atoms with Crippen LogP contribution in [-0.4, -0.2) is 25.2 Å². The van der Waals surface area contributed by atoms with E-state index < -0.39 is 0 Å². The van der Waals surface area contributed by atoms with Gasteiger partial charge in [0.15, 0.2) is 0 Å². The molecule has 0 aliphatic heterocycles. The molecule has 2 rings (SSSR count). The Morgan fingerprint density at radius 2 is 2.22 bits per heavy atom. The molecule has 1 aromatic rings. The molecule has 0 aromatic carbocycles. The first-order chi connectivity index (χ1) is 8.75. The summed E-state index contributed by atoms with van der Waals surface area (Å²) in [5.41, 5.74) is 1.25. The zero-order valence-electron chi connectivity index (χ0n) is 11.7. The third-order valence-corrected chi connectivity index (χ3v) is 5.07. The predicted molar refractivity (Wildman–Crippen MR) is 76.3 cm³/mol. The number of fused-ring (bicyclic) bond motifs is 1. The van der Waals surface area contributed by atoms with E-state index in [0.29, 0.717) is 6.61 Å². The SMILES string of the molecule is CCCNC(CC)(COC)c1nc2c(s1)CCC2. The molecule has 0 bridgehead atoms. The number of hydrogen-bond acceptors (Lipinski definition) is 4. The van der Waals surface area contributed by atoms with Crippen molar-refractivity contribution in [2.45, 2.75) is 51.5 Å². The van der Waals surface area contributed by atoms with Crippen LogP contribution < -0.4 is 5.32 Å². The van der Waals surface area contributed by atoms with Crippen molar-refractivity contribution >= 4 is 11.3 Å². The molecular weight excluding hydrogens is 244 g/mol. The van der Waals surface area contributed by atoms with Crippen LogP contribution in [-0.2, 0) is 23.1 Å². The summed E-state index contributed by atoms with van der Waals surface area (Å²) in [5.74, 6) is 0.